The van der Waals surface area contributed by atoms with Crippen molar-refractivity contribution in [1.29, 1.82) is 0 Å². The topological polar surface area (TPSA) is 3.24 Å². The van der Waals surface area contributed by atoms with Crippen LogP contribution < -0.4 is 4.90 Å². The van der Waals surface area contributed by atoms with Crippen molar-refractivity contribution in [2.24, 2.45) is 0 Å². The molecule has 1 aliphatic rings. The van der Waals surface area contributed by atoms with Gasteiger partial charge in [-0.1, -0.05) is 159 Å². The fraction of sp³-hybridized carbons (Fsp3) is 0.115. The Balaban J connectivity index is 1.09. The van der Waals surface area contributed by atoms with E-state index in [1.807, 2.05) is 11.3 Å². The number of nitrogens with zero attached hydrogens (tertiary/aromatic N) is 1. The summed E-state index contributed by atoms with van der Waals surface area (Å²) in [6.45, 7) is 0. The maximum Gasteiger partial charge on any atom is 0.0476 e. The molecule has 0 aliphatic heterocycles. The van der Waals surface area contributed by atoms with Gasteiger partial charge in [0.15, 0.2) is 0 Å². The van der Waals surface area contributed by atoms with E-state index in [2.05, 4.69) is 193 Å². The highest BCUT2D eigenvalue weighted by Crippen LogP contribution is 2.47. The third-order valence-electron chi connectivity index (χ3n) is 11.7. The van der Waals surface area contributed by atoms with E-state index in [0.29, 0.717) is 0 Å². The van der Waals surface area contributed by atoms with Crippen LogP contribution in [0.4, 0.5) is 17.1 Å². The fourth-order valence-electron chi connectivity index (χ4n) is 9.02. The van der Waals surface area contributed by atoms with Gasteiger partial charge < -0.3 is 4.90 Å². The van der Waals surface area contributed by atoms with Crippen molar-refractivity contribution in [1.82, 2.24) is 0 Å². The summed E-state index contributed by atoms with van der Waals surface area (Å²) in [4.78, 5) is 2.44. The predicted molar refractivity (Wildman–Crippen MR) is 233 cm³/mol. The zero-order valence-corrected chi connectivity index (χ0v) is 31.1. The lowest BCUT2D eigenvalue weighted by Gasteiger charge is -2.39. The first-order valence-electron chi connectivity index (χ1n) is 19.3. The van der Waals surface area contributed by atoms with Crippen molar-refractivity contribution in [3.05, 3.63) is 199 Å². The van der Waals surface area contributed by atoms with Gasteiger partial charge in [-0.05, 0) is 106 Å². The second-order valence-corrected chi connectivity index (χ2v) is 15.9. The van der Waals surface area contributed by atoms with Crippen LogP contribution in [0.15, 0.2) is 188 Å². The Bertz CT molecular complexity index is 2720. The lowest BCUT2D eigenvalue weighted by atomic mass is 9.65. The molecule has 10 rings (SSSR count). The molecule has 9 aromatic rings. The molecule has 1 aliphatic carbocycles. The number of fused-ring (bicyclic) bond motifs is 4. The zero-order chi connectivity index (χ0) is 35.9. The average Bonchev–Trinajstić information content (AvgIpc) is 3.63. The van der Waals surface area contributed by atoms with Gasteiger partial charge in [0.05, 0.1) is 0 Å². The first kappa shape index (κ1) is 32.7. The Labute approximate surface area is 321 Å². The number of hydrogen-bond acceptors (Lipinski definition) is 2. The molecule has 0 N–H and O–H groups in total. The molecule has 1 saturated carbocycles. The molecule has 0 radical (unpaired) electrons. The van der Waals surface area contributed by atoms with E-state index in [9.17, 15) is 0 Å². The van der Waals surface area contributed by atoms with Crippen molar-refractivity contribution in [2.45, 2.75) is 37.5 Å². The van der Waals surface area contributed by atoms with Crippen LogP contribution in [0.5, 0.6) is 0 Å². The molecule has 260 valence electrons. The smallest absolute Gasteiger partial charge is 0.0476 e. The molecule has 0 spiro atoms. The summed E-state index contributed by atoms with van der Waals surface area (Å²) in [5.74, 6) is 0. The number of rotatable bonds is 7. The van der Waals surface area contributed by atoms with Crippen molar-refractivity contribution in [2.75, 3.05) is 4.90 Å². The Morgan fingerprint density at radius 3 is 1.80 bits per heavy atom. The highest BCUT2D eigenvalue weighted by Gasteiger charge is 2.35. The van der Waals surface area contributed by atoms with Gasteiger partial charge in [0.25, 0.3) is 0 Å². The zero-order valence-electron chi connectivity index (χ0n) is 30.3. The average molecular weight is 712 g/mol. The second-order valence-electron chi connectivity index (χ2n) is 14.8. The highest BCUT2D eigenvalue weighted by molar-refractivity contribution is 7.26. The van der Waals surface area contributed by atoms with Crippen LogP contribution in [-0.4, -0.2) is 0 Å². The van der Waals surface area contributed by atoms with Crippen molar-refractivity contribution in [3.8, 4) is 22.3 Å². The predicted octanol–water partition coefficient (Wildman–Crippen LogP) is 15.3. The minimum absolute atomic E-state index is 0.0663. The molecule has 0 amide bonds. The molecule has 0 unspecified atom stereocenters. The summed E-state index contributed by atoms with van der Waals surface area (Å²) in [7, 11) is 0. The fourth-order valence-corrected chi connectivity index (χ4v) is 10.2. The normalized spacial score (nSPS) is 14.1. The summed E-state index contributed by atoms with van der Waals surface area (Å²) in [6.07, 6.45) is 6.26. The van der Waals surface area contributed by atoms with Gasteiger partial charge in [0.1, 0.15) is 0 Å². The molecule has 1 heterocycles. The molecule has 1 nitrogen and oxygen atoms in total. The van der Waals surface area contributed by atoms with Crippen LogP contribution in [-0.2, 0) is 5.41 Å². The minimum Gasteiger partial charge on any atom is -0.310 e. The summed E-state index contributed by atoms with van der Waals surface area (Å²) < 4.78 is 2.61. The van der Waals surface area contributed by atoms with E-state index >= 15 is 0 Å². The van der Waals surface area contributed by atoms with Crippen molar-refractivity contribution >= 4 is 59.3 Å². The molecule has 2 heteroatoms. The van der Waals surface area contributed by atoms with Crippen molar-refractivity contribution < 1.29 is 0 Å². The van der Waals surface area contributed by atoms with E-state index in [1.54, 1.807) is 0 Å². The summed E-state index contributed by atoms with van der Waals surface area (Å²) in [6, 6.07) is 69.8. The summed E-state index contributed by atoms with van der Waals surface area (Å²) in [5, 5.41) is 5.17. The molecule has 1 fully saturated rings. The lowest BCUT2D eigenvalue weighted by molar-refractivity contribution is 0.346. The standard InChI is InChI=1S/C52H41NS/c1-4-14-39(15-5-1)47-19-12-20-49-51(47)48-32-31-46(36-50(48)54-49)53(44-27-23-38(24-28-44)41-22-21-37-13-8-9-16-40(37)35-41)45-29-25-43(26-30-45)52(33-10-3-11-34-52)42-17-6-2-7-18-42/h1-2,4-9,12-32,35-36H,3,10-11,33-34H2. The first-order chi connectivity index (χ1) is 26.7. The Morgan fingerprint density at radius 2 is 1.04 bits per heavy atom. The molecule has 8 aromatic carbocycles. The quantitative estimate of drug-likeness (QED) is 0.159. The number of hydrogen-bond donors (Lipinski definition) is 0. The second kappa shape index (κ2) is 13.8. The molecular weight excluding hydrogens is 671 g/mol. The minimum atomic E-state index is 0.0663. The monoisotopic (exact) mass is 711 g/mol. The highest BCUT2D eigenvalue weighted by atomic mass is 32.1. The number of benzene rings is 8. The Morgan fingerprint density at radius 1 is 0.407 bits per heavy atom. The Kier molecular flexibility index (Phi) is 8.34. The maximum absolute atomic E-state index is 2.44. The van der Waals surface area contributed by atoms with Gasteiger partial charge in [-0.2, -0.15) is 0 Å². The van der Waals surface area contributed by atoms with Gasteiger partial charge >= 0.3 is 0 Å². The SMILES string of the molecule is c1ccc(-c2cccc3sc4cc(N(c5ccc(-c6ccc7ccccc7c6)cc5)c5ccc(C6(c7ccccc7)CCCCC6)cc5)ccc4c23)cc1. The van der Waals surface area contributed by atoms with Crippen molar-refractivity contribution in [3.63, 3.8) is 0 Å². The van der Waals surface area contributed by atoms with Gasteiger partial charge in [0.2, 0.25) is 0 Å². The van der Waals surface area contributed by atoms with E-state index in [-0.39, 0.29) is 5.41 Å². The van der Waals surface area contributed by atoms with Crippen LogP contribution in [0.3, 0.4) is 0 Å². The third kappa shape index (κ3) is 5.79. The number of anilines is 3. The molecule has 0 bridgehead atoms. The largest absolute Gasteiger partial charge is 0.310 e. The van der Waals surface area contributed by atoms with Gasteiger partial charge in [-0.15, -0.1) is 11.3 Å². The van der Waals surface area contributed by atoms with Gasteiger partial charge in [-0.3, -0.25) is 0 Å². The summed E-state index contributed by atoms with van der Waals surface area (Å²) in [5.41, 5.74) is 11.4. The first-order valence-corrected chi connectivity index (χ1v) is 20.1. The molecule has 0 atom stereocenters. The van der Waals surface area contributed by atoms with Gasteiger partial charge in [-0.25, -0.2) is 0 Å². The van der Waals surface area contributed by atoms with Crippen LogP contribution in [0.25, 0.3) is 53.2 Å². The van der Waals surface area contributed by atoms with E-state index in [4.69, 9.17) is 0 Å². The lowest BCUT2D eigenvalue weighted by Crippen LogP contribution is -2.30. The van der Waals surface area contributed by atoms with Gasteiger partial charge in [0, 0.05) is 42.6 Å². The molecule has 54 heavy (non-hydrogen) atoms. The van der Waals surface area contributed by atoms with Crippen LogP contribution >= 0.6 is 11.3 Å². The third-order valence-corrected chi connectivity index (χ3v) is 12.9. The van der Waals surface area contributed by atoms with E-state index in [1.165, 1.54) is 102 Å². The Hall–Kier alpha value is -5.96. The van der Waals surface area contributed by atoms with E-state index < -0.39 is 0 Å². The van der Waals surface area contributed by atoms with Crippen LogP contribution in [0, 0.1) is 0 Å². The molecule has 0 saturated heterocycles. The molecule has 1 aromatic heterocycles. The summed E-state index contributed by atoms with van der Waals surface area (Å²) >= 11 is 1.88. The number of thiophene rings is 1. The maximum atomic E-state index is 2.44. The molecular formula is C52H41NS. The van der Waals surface area contributed by atoms with Crippen LogP contribution in [0.1, 0.15) is 43.2 Å². The van der Waals surface area contributed by atoms with Crippen LogP contribution in [0.2, 0.25) is 0 Å². The van der Waals surface area contributed by atoms with E-state index in [0.717, 1.165) is 11.4 Å².